The zero-order valence-electron chi connectivity index (χ0n) is 4.57. The number of hydrogen-bond donors (Lipinski definition) is 0. The quantitative estimate of drug-likeness (QED) is 0.653. The first-order valence-electron chi connectivity index (χ1n) is 1.85. The molecule has 0 N–H and O–H groups in total. The minimum absolute atomic E-state index is 0.366. The Morgan fingerprint density at radius 2 is 1.50 bits per heavy atom. The van der Waals surface area contributed by atoms with E-state index in [1.54, 1.807) is 23.5 Å². The molecule has 4 heteroatoms. The fraction of sp³-hybridized carbons (Fsp3) is 0.500. The standard InChI is InChI=1S/C4H6Cl2S2/c1-7-4(8-2)3(5)6/h1-2H3. The molecule has 0 saturated heterocycles. The van der Waals surface area contributed by atoms with E-state index in [-0.39, 0.29) is 0 Å². The monoisotopic (exact) mass is 188 g/mol. The molecule has 0 aromatic heterocycles. The van der Waals surface area contributed by atoms with Crippen molar-refractivity contribution in [3.05, 3.63) is 8.73 Å². The van der Waals surface area contributed by atoms with Crippen LogP contribution in [0.25, 0.3) is 0 Å². The largest absolute Gasteiger partial charge is 0.126 e. The number of hydrogen-bond acceptors (Lipinski definition) is 2. The number of thioether (sulfide) groups is 2. The first kappa shape index (κ1) is 9.02. The van der Waals surface area contributed by atoms with Gasteiger partial charge in [-0.3, -0.25) is 0 Å². The Morgan fingerprint density at radius 1 is 1.12 bits per heavy atom. The van der Waals surface area contributed by atoms with Gasteiger partial charge in [0.1, 0.15) is 4.49 Å². The van der Waals surface area contributed by atoms with Crippen LogP contribution in [0.5, 0.6) is 0 Å². The molecule has 8 heavy (non-hydrogen) atoms. The maximum Gasteiger partial charge on any atom is 0.126 e. The van der Waals surface area contributed by atoms with E-state index in [9.17, 15) is 0 Å². The van der Waals surface area contributed by atoms with Crippen molar-refractivity contribution in [1.82, 2.24) is 0 Å². The van der Waals surface area contributed by atoms with Crippen LogP contribution in [0.1, 0.15) is 0 Å². The van der Waals surface area contributed by atoms with Crippen molar-refractivity contribution < 1.29 is 0 Å². The summed E-state index contributed by atoms with van der Waals surface area (Å²) in [5, 5.41) is 0. The van der Waals surface area contributed by atoms with Crippen LogP contribution in [0.4, 0.5) is 0 Å². The summed E-state index contributed by atoms with van der Waals surface area (Å²) in [7, 11) is 0. The van der Waals surface area contributed by atoms with E-state index in [1.165, 1.54) is 0 Å². The molecular weight excluding hydrogens is 183 g/mol. The highest BCUT2D eigenvalue weighted by Gasteiger charge is 1.95. The molecular formula is C4H6Cl2S2. The van der Waals surface area contributed by atoms with E-state index in [1.807, 2.05) is 12.5 Å². The van der Waals surface area contributed by atoms with E-state index in [4.69, 9.17) is 23.2 Å². The van der Waals surface area contributed by atoms with Crippen molar-refractivity contribution in [1.29, 1.82) is 0 Å². The second-order valence-electron chi connectivity index (χ2n) is 0.956. The Labute approximate surface area is 68.0 Å². The second kappa shape index (κ2) is 4.86. The smallest absolute Gasteiger partial charge is 0.120 e. The van der Waals surface area contributed by atoms with Gasteiger partial charge in [0.2, 0.25) is 0 Å². The Morgan fingerprint density at radius 3 is 1.50 bits per heavy atom. The summed E-state index contributed by atoms with van der Waals surface area (Å²) in [4.78, 5) is 0. The third-order valence-electron chi connectivity index (χ3n) is 0.525. The zero-order chi connectivity index (χ0) is 6.57. The van der Waals surface area contributed by atoms with E-state index in [0.29, 0.717) is 4.49 Å². The van der Waals surface area contributed by atoms with Gasteiger partial charge in [-0.2, -0.15) is 0 Å². The molecule has 0 bridgehead atoms. The van der Waals surface area contributed by atoms with Crippen molar-refractivity contribution >= 4 is 46.7 Å². The SMILES string of the molecule is CSC(SC)=C(Cl)Cl. The van der Waals surface area contributed by atoms with Gasteiger partial charge in [0, 0.05) is 0 Å². The lowest BCUT2D eigenvalue weighted by molar-refractivity contribution is 2.24. The molecule has 0 aliphatic heterocycles. The molecule has 0 amide bonds. The van der Waals surface area contributed by atoms with Crippen LogP contribution in [0, 0.1) is 0 Å². The molecule has 0 nitrogen and oxygen atoms in total. The molecule has 0 aliphatic carbocycles. The van der Waals surface area contributed by atoms with Crippen molar-refractivity contribution in [2.75, 3.05) is 12.5 Å². The van der Waals surface area contributed by atoms with Crippen LogP contribution in [0.2, 0.25) is 0 Å². The highest BCUT2D eigenvalue weighted by Crippen LogP contribution is 2.31. The Balaban J connectivity index is 3.86. The predicted octanol–water partition coefficient (Wildman–Crippen LogP) is 3.32. The summed E-state index contributed by atoms with van der Waals surface area (Å²) < 4.78 is 1.33. The lowest BCUT2D eigenvalue weighted by Crippen LogP contribution is -1.64. The zero-order valence-corrected chi connectivity index (χ0v) is 7.72. The molecule has 48 valence electrons. The molecule has 0 aromatic rings. The molecule has 0 unspecified atom stereocenters. The van der Waals surface area contributed by atoms with Gasteiger partial charge in [0.05, 0.1) is 4.24 Å². The Bertz CT molecular complexity index is 90.2. The molecule has 0 saturated carbocycles. The molecule has 0 fully saturated rings. The maximum absolute atomic E-state index is 5.45. The summed E-state index contributed by atoms with van der Waals surface area (Å²) >= 11 is 14.0. The fourth-order valence-electron chi connectivity index (χ4n) is 0.238. The van der Waals surface area contributed by atoms with Crippen molar-refractivity contribution in [3.63, 3.8) is 0 Å². The van der Waals surface area contributed by atoms with Crippen LogP contribution in [0.3, 0.4) is 0 Å². The lowest BCUT2D eigenvalue weighted by Gasteiger charge is -1.95. The van der Waals surface area contributed by atoms with Gasteiger partial charge < -0.3 is 0 Å². The van der Waals surface area contributed by atoms with Crippen molar-refractivity contribution in [3.8, 4) is 0 Å². The second-order valence-corrected chi connectivity index (χ2v) is 3.80. The van der Waals surface area contributed by atoms with E-state index >= 15 is 0 Å². The van der Waals surface area contributed by atoms with E-state index in [2.05, 4.69) is 0 Å². The third kappa shape index (κ3) is 3.13. The summed E-state index contributed by atoms with van der Waals surface area (Å²) in [5.74, 6) is 0. The Kier molecular flexibility index (Phi) is 5.48. The lowest BCUT2D eigenvalue weighted by atomic mass is 11.2. The van der Waals surface area contributed by atoms with Gasteiger partial charge >= 0.3 is 0 Å². The molecule has 0 rings (SSSR count). The van der Waals surface area contributed by atoms with Crippen LogP contribution in [-0.4, -0.2) is 12.5 Å². The molecule has 0 atom stereocenters. The summed E-state index contributed by atoms with van der Waals surface area (Å²) in [6.07, 6.45) is 3.88. The van der Waals surface area contributed by atoms with Gasteiger partial charge in [-0.1, -0.05) is 23.2 Å². The van der Waals surface area contributed by atoms with Gasteiger partial charge in [-0.15, -0.1) is 23.5 Å². The topological polar surface area (TPSA) is 0 Å². The van der Waals surface area contributed by atoms with E-state index in [0.717, 1.165) is 4.24 Å². The number of rotatable bonds is 2. The van der Waals surface area contributed by atoms with Crippen LogP contribution in [0.15, 0.2) is 8.73 Å². The summed E-state index contributed by atoms with van der Waals surface area (Å²) in [6, 6.07) is 0. The first-order valence-corrected chi connectivity index (χ1v) is 5.06. The van der Waals surface area contributed by atoms with Crippen LogP contribution >= 0.6 is 46.7 Å². The maximum atomic E-state index is 5.45. The first-order chi connectivity index (χ1) is 3.72. The minimum Gasteiger partial charge on any atom is -0.120 e. The van der Waals surface area contributed by atoms with Crippen LogP contribution in [-0.2, 0) is 0 Å². The van der Waals surface area contributed by atoms with Gasteiger partial charge in [-0.05, 0) is 12.5 Å². The molecule has 0 radical (unpaired) electrons. The normalized spacial score (nSPS) is 9.00. The predicted molar refractivity (Wildman–Crippen MR) is 45.8 cm³/mol. The van der Waals surface area contributed by atoms with Crippen molar-refractivity contribution in [2.24, 2.45) is 0 Å². The van der Waals surface area contributed by atoms with Gasteiger partial charge in [0.15, 0.2) is 0 Å². The average Bonchev–Trinajstić information content (AvgIpc) is 1.69. The number of halogens is 2. The van der Waals surface area contributed by atoms with Crippen LogP contribution < -0.4 is 0 Å². The molecule has 0 spiro atoms. The highest BCUT2D eigenvalue weighted by molar-refractivity contribution is 8.21. The highest BCUT2D eigenvalue weighted by atomic mass is 35.5. The fourth-order valence-corrected chi connectivity index (χ4v) is 2.14. The molecule has 0 heterocycles. The van der Waals surface area contributed by atoms with Gasteiger partial charge in [0.25, 0.3) is 0 Å². The Hall–Kier alpha value is 1.02. The summed E-state index contributed by atoms with van der Waals surface area (Å²) in [5.41, 5.74) is 0. The summed E-state index contributed by atoms with van der Waals surface area (Å²) in [6.45, 7) is 0. The third-order valence-corrected chi connectivity index (χ3v) is 3.50. The van der Waals surface area contributed by atoms with E-state index < -0.39 is 0 Å². The molecule has 0 aliphatic rings. The van der Waals surface area contributed by atoms with Crippen molar-refractivity contribution in [2.45, 2.75) is 0 Å². The molecule has 0 aromatic carbocycles. The van der Waals surface area contributed by atoms with Gasteiger partial charge in [-0.25, -0.2) is 0 Å². The minimum atomic E-state index is 0.366. The average molecular weight is 189 g/mol.